The number of hydrogen-bond acceptors (Lipinski definition) is 4. The van der Waals surface area contributed by atoms with Gasteiger partial charge in [0.2, 0.25) is 0 Å². The van der Waals surface area contributed by atoms with Crippen LogP contribution in [0.5, 0.6) is 5.75 Å². The molecule has 1 aromatic carbocycles. The highest BCUT2D eigenvalue weighted by atomic mass is 19.4. The van der Waals surface area contributed by atoms with E-state index in [1.807, 2.05) is 0 Å². The summed E-state index contributed by atoms with van der Waals surface area (Å²) >= 11 is 0. The van der Waals surface area contributed by atoms with Crippen LogP contribution in [-0.4, -0.2) is 44.1 Å². The lowest BCUT2D eigenvalue weighted by Crippen LogP contribution is -2.41. The van der Waals surface area contributed by atoms with Crippen molar-refractivity contribution in [3.05, 3.63) is 29.8 Å². The van der Waals surface area contributed by atoms with Gasteiger partial charge in [-0.3, -0.25) is 4.90 Å². The molecule has 1 atom stereocenters. The van der Waals surface area contributed by atoms with E-state index in [9.17, 15) is 13.2 Å². The van der Waals surface area contributed by atoms with Crippen molar-refractivity contribution in [2.24, 2.45) is 5.73 Å². The molecule has 0 amide bonds. The third-order valence-electron chi connectivity index (χ3n) is 3.19. The number of rotatable bonds is 4. The van der Waals surface area contributed by atoms with E-state index in [1.165, 1.54) is 12.1 Å². The second-order valence-electron chi connectivity index (χ2n) is 4.52. The van der Waals surface area contributed by atoms with Gasteiger partial charge < -0.3 is 15.2 Å². The Hall–Kier alpha value is -1.31. The second-order valence-corrected chi connectivity index (χ2v) is 4.52. The lowest BCUT2D eigenvalue weighted by Gasteiger charge is -2.34. The van der Waals surface area contributed by atoms with E-state index in [1.54, 1.807) is 12.1 Å². The Bertz CT molecular complexity index is 434. The number of morpholine rings is 1. The molecule has 2 rings (SSSR count). The van der Waals surface area contributed by atoms with Crippen LogP contribution in [0.4, 0.5) is 13.2 Å². The van der Waals surface area contributed by atoms with E-state index in [2.05, 4.69) is 9.64 Å². The van der Waals surface area contributed by atoms with Crippen LogP contribution in [0.2, 0.25) is 0 Å². The van der Waals surface area contributed by atoms with Gasteiger partial charge in [0, 0.05) is 25.7 Å². The van der Waals surface area contributed by atoms with Gasteiger partial charge in [0.1, 0.15) is 5.75 Å². The van der Waals surface area contributed by atoms with E-state index in [0.29, 0.717) is 32.8 Å². The zero-order valence-corrected chi connectivity index (χ0v) is 10.9. The van der Waals surface area contributed by atoms with Crippen molar-refractivity contribution in [2.45, 2.75) is 12.4 Å². The maximum atomic E-state index is 12.2. The standard InChI is InChI=1S/C13H17F3N2O2/c14-13(15,16)20-11-3-1-2-10(8-11)12(9-17)18-4-6-19-7-5-18/h1-3,8,12H,4-7,9,17H2. The fourth-order valence-corrected chi connectivity index (χ4v) is 2.30. The molecule has 1 aromatic rings. The van der Waals surface area contributed by atoms with Gasteiger partial charge in [0.05, 0.1) is 13.2 Å². The zero-order valence-electron chi connectivity index (χ0n) is 10.9. The maximum Gasteiger partial charge on any atom is 0.573 e. The summed E-state index contributed by atoms with van der Waals surface area (Å²) in [5, 5.41) is 0. The topological polar surface area (TPSA) is 47.7 Å². The molecule has 4 nitrogen and oxygen atoms in total. The van der Waals surface area contributed by atoms with E-state index in [0.717, 1.165) is 5.56 Å². The molecule has 1 saturated heterocycles. The highest BCUT2D eigenvalue weighted by Gasteiger charge is 2.31. The minimum atomic E-state index is -4.68. The fraction of sp³-hybridized carbons (Fsp3) is 0.538. The van der Waals surface area contributed by atoms with Gasteiger partial charge in [-0.05, 0) is 17.7 Å². The van der Waals surface area contributed by atoms with Crippen molar-refractivity contribution in [3.63, 3.8) is 0 Å². The van der Waals surface area contributed by atoms with Crippen molar-refractivity contribution in [1.29, 1.82) is 0 Å². The van der Waals surface area contributed by atoms with Crippen molar-refractivity contribution >= 4 is 0 Å². The first-order valence-corrected chi connectivity index (χ1v) is 6.37. The second kappa shape index (κ2) is 6.43. The lowest BCUT2D eigenvalue weighted by atomic mass is 10.0. The molecule has 7 heteroatoms. The smallest absolute Gasteiger partial charge is 0.406 e. The lowest BCUT2D eigenvalue weighted by molar-refractivity contribution is -0.274. The van der Waals surface area contributed by atoms with Gasteiger partial charge in [0.25, 0.3) is 0 Å². The van der Waals surface area contributed by atoms with Gasteiger partial charge >= 0.3 is 6.36 Å². The Morgan fingerprint density at radius 1 is 1.30 bits per heavy atom. The average Bonchev–Trinajstić information content (AvgIpc) is 2.39. The SMILES string of the molecule is NCC(c1cccc(OC(F)(F)F)c1)N1CCOCC1. The molecule has 0 saturated carbocycles. The Morgan fingerprint density at radius 3 is 2.60 bits per heavy atom. The Kier molecular flexibility index (Phi) is 4.85. The van der Waals surface area contributed by atoms with Crippen LogP contribution < -0.4 is 10.5 Å². The van der Waals surface area contributed by atoms with Gasteiger partial charge in [-0.1, -0.05) is 12.1 Å². The van der Waals surface area contributed by atoms with E-state index < -0.39 is 6.36 Å². The summed E-state index contributed by atoms with van der Waals surface area (Å²) < 4.78 is 45.9. The largest absolute Gasteiger partial charge is 0.573 e. The van der Waals surface area contributed by atoms with E-state index in [4.69, 9.17) is 10.5 Å². The Balaban J connectivity index is 2.14. The van der Waals surface area contributed by atoms with Crippen LogP contribution in [0, 0.1) is 0 Å². The Morgan fingerprint density at radius 2 is 2.00 bits per heavy atom. The molecule has 1 unspecified atom stereocenters. The van der Waals surface area contributed by atoms with Crippen molar-refractivity contribution in [2.75, 3.05) is 32.8 Å². The predicted octanol–water partition coefficient (Wildman–Crippen LogP) is 1.92. The van der Waals surface area contributed by atoms with Gasteiger partial charge in [-0.15, -0.1) is 13.2 Å². The van der Waals surface area contributed by atoms with Crippen LogP contribution in [0.25, 0.3) is 0 Å². The molecule has 0 aliphatic carbocycles. The fourth-order valence-electron chi connectivity index (χ4n) is 2.30. The van der Waals surface area contributed by atoms with Crippen LogP contribution in [0.15, 0.2) is 24.3 Å². The minimum Gasteiger partial charge on any atom is -0.406 e. The summed E-state index contributed by atoms with van der Waals surface area (Å²) in [6.07, 6.45) is -4.68. The monoisotopic (exact) mass is 290 g/mol. The summed E-state index contributed by atoms with van der Waals surface area (Å²) in [7, 11) is 0. The highest BCUT2D eigenvalue weighted by molar-refractivity contribution is 5.31. The van der Waals surface area contributed by atoms with Crippen molar-refractivity contribution in [1.82, 2.24) is 4.90 Å². The van der Waals surface area contributed by atoms with Crippen molar-refractivity contribution in [3.8, 4) is 5.75 Å². The summed E-state index contributed by atoms with van der Waals surface area (Å²) in [6, 6.07) is 5.84. The summed E-state index contributed by atoms with van der Waals surface area (Å²) in [5.41, 5.74) is 6.49. The molecule has 0 bridgehead atoms. The molecule has 20 heavy (non-hydrogen) atoms. The molecule has 1 fully saturated rings. The van der Waals surface area contributed by atoms with Gasteiger partial charge in [-0.25, -0.2) is 0 Å². The number of nitrogens with zero attached hydrogens (tertiary/aromatic N) is 1. The average molecular weight is 290 g/mol. The highest BCUT2D eigenvalue weighted by Crippen LogP contribution is 2.27. The number of hydrogen-bond donors (Lipinski definition) is 1. The molecule has 0 radical (unpaired) electrons. The molecule has 0 aromatic heterocycles. The normalized spacial score (nSPS) is 18.8. The first kappa shape index (κ1) is 15.1. The quantitative estimate of drug-likeness (QED) is 0.920. The number of benzene rings is 1. The molecular formula is C13H17F3N2O2. The summed E-state index contributed by atoms with van der Waals surface area (Å²) in [6.45, 7) is 2.97. The van der Waals surface area contributed by atoms with Crippen LogP contribution >= 0.6 is 0 Å². The Labute approximate surface area is 115 Å². The van der Waals surface area contributed by atoms with Crippen LogP contribution in [-0.2, 0) is 4.74 Å². The third-order valence-corrected chi connectivity index (χ3v) is 3.19. The third kappa shape index (κ3) is 4.09. The maximum absolute atomic E-state index is 12.2. The van der Waals surface area contributed by atoms with E-state index in [-0.39, 0.29) is 11.8 Å². The van der Waals surface area contributed by atoms with Gasteiger partial charge in [-0.2, -0.15) is 0 Å². The first-order chi connectivity index (χ1) is 9.49. The summed E-state index contributed by atoms with van der Waals surface area (Å²) in [4.78, 5) is 2.11. The summed E-state index contributed by atoms with van der Waals surface area (Å²) in [5.74, 6) is -0.221. The number of halogens is 3. The minimum absolute atomic E-state index is 0.129. The van der Waals surface area contributed by atoms with Crippen LogP contribution in [0.3, 0.4) is 0 Å². The molecular weight excluding hydrogens is 273 g/mol. The van der Waals surface area contributed by atoms with Gasteiger partial charge in [0.15, 0.2) is 0 Å². The van der Waals surface area contributed by atoms with Crippen molar-refractivity contribution < 1.29 is 22.6 Å². The molecule has 1 aliphatic heterocycles. The van der Waals surface area contributed by atoms with Crippen LogP contribution in [0.1, 0.15) is 11.6 Å². The first-order valence-electron chi connectivity index (χ1n) is 6.37. The van der Waals surface area contributed by atoms with E-state index >= 15 is 0 Å². The zero-order chi connectivity index (χ0) is 14.6. The number of ether oxygens (including phenoxy) is 2. The molecule has 0 spiro atoms. The molecule has 112 valence electrons. The molecule has 2 N–H and O–H groups in total. The number of nitrogens with two attached hydrogens (primary N) is 1. The molecule has 1 aliphatic rings. The molecule has 1 heterocycles. The number of alkyl halides is 3. The predicted molar refractivity (Wildman–Crippen MR) is 67.3 cm³/mol.